The Morgan fingerprint density at radius 3 is 0.962 bits per heavy atom. The van der Waals surface area contributed by atoms with E-state index in [1.54, 1.807) is 0 Å². The van der Waals surface area contributed by atoms with E-state index in [1.165, 1.54) is 128 Å². The molecule has 0 aromatic heterocycles. The number of hydrogen-bond donors (Lipinski definition) is 0. The summed E-state index contributed by atoms with van der Waals surface area (Å²) in [5.74, 6) is 1.92. The van der Waals surface area contributed by atoms with Gasteiger partial charge in [-0.1, -0.05) is 156 Å². The molecule has 0 fully saturated rings. The molecule has 0 heterocycles. The fourth-order valence-corrected chi connectivity index (χ4v) is 4.18. The van der Waals surface area contributed by atoms with E-state index >= 15 is 0 Å². The van der Waals surface area contributed by atoms with E-state index in [9.17, 15) is 0 Å². The molecule has 0 amide bonds. The molecule has 0 N–H and O–H groups in total. The third-order valence-corrected chi connectivity index (χ3v) is 6.24. The zero-order valence-corrected chi connectivity index (χ0v) is 19.3. The number of hydrogen-bond acceptors (Lipinski definition) is 0. The molecule has 0 aliphatic heterocycles. The molecule has 2 atom stereocenters. The van der Waals surface area contributed by atoms with Crippen LogP contribution >= 0.6 is 0 Å². The molecule has 0 bridgehead atoms. The molecule has 0 aromatic rings. The molecule has 158 valence electrons. The third-order valence-electron chi connectivity index (χ3n) is 6.24. The van der Waals surface area contributed by atoms with Crippen LogP contribution in [0.15, 0.2) is 0 Å². The molecular weight excluding hydrogens is 312 g/mol. The fraction of sp³-hybridized carbons (Fsp3) is 1.00. The molecule has 0 aliphatic carbocycles. The molecule has 0 rings (SSSR count). The minimum atomic E-state index is 0.959. The largest absolute Gasteiger partial charge is 0.0654 e. The predicted molar refractivity (Wildman–Crippen MR) is 122 cm³/mol. The maximum absolute atomic E-state index is 2.49. The molecule has 0 saturated carbocycles. The van der Waals surface area contributed by atoms with Gasteiger partial charge in [0.05, 0.1) is 0 Å². The van der Waals surface area contributed by atoms with Gasteiger partial charge < -0.3 is 0 Å². The second-order valence-corrected chi connectivity index (χ2v) is 9.31. The Labute approximate surface area is 168 Å². The van der Waals surface area contributed by atoms with E-state index in [0.29, 0.717) is 0 Å². The molecular formula is C26H54. The first kappa shape index (κ1) is 26.0. The summed E-state index contributed by atoms with van der Waals surface area (Å²) < 4.78 is 0. The fourth-order valence-electron chi connectivity index (χ4n) is 4.18. The average Bonchev–Trinajstić information content (AvgIpc) is 2.63. The molecule has 0 radical (unpaired) electrons. The van der Waals surface area contributed by atoms with Crippen molar-refractivity contribution in [2.24, 2.45) is 11.8 Å². The van der Waals surface area contributed by atoms with Crippen LogP contribution in [-0.2, 0) is 0 Å². The molecule has 26 heavy (non-hydrogen) atoms. The highest BCUT2D eigenvalue weighted by molar-refractivity contribution is 4.59. The summed E-state index contributed by atoms with van der Waals surface area (Å²) in [7, 11) is 0. The molecule has 0 spiro atoms. The summed E-state index contributed by atoms with van der Waals surface area (Å²) in [6.07, 6.45) is 29.2. The normalized spacial score (nSPS) is 13.8. The van der Waals surface area contributed by atoms with Gasteiger partial charge in [-0.15, -0.1) is 0 Å². The quantitative estimate of drug-likeness (QED) is 0.177. The zero-order chi connectivity index (χ0) is 19.3. The zero-order valence-electron chi connectivity index (χ0n) is 19.3. The van der Waals surface area contributed by atoms with E-state index in [-0.39, 0.29) is 0 Å². The minimum Gasteiger partial charge on any atom is -0.0654 e. The van der Waals surface area contributed by atoms with Gasteiger partial charge in [0.1, 0.15) is 0 Å². The van der Waals surface area contributed by atoms with E-state index in [2.05, 4.69) is 27.7 Å². The molecule has 2 unspecified atom stereocenters. The summed E-state index contributed by atoms with van der Waals surface area (Å²) in [4.78, 5) is 0. The van der Waals surface area contributed by atoms with Crippen molar-refractivity contribution >= 4 is 0 Å². The van der Waals surface area contributed by atoms with E-state index in [4.69, 9.17) is 0 Å². The highest BCUT2D eigenvalue weighted by Crippen LogP contribution is 2.21. The van der Waals surface area contributed by atoms with E-state index in [1.807, 2.05) is 0 Å². The summed E-state index contributed by atoms with van der Waals surface area (Å²) in [6.45, 7) is 9.58. The molecule has 0 aromatic carbocycles. The van der Waals surface area contributed by atoms with Gasteiger partial charge in [-0.3, -0.25) is 0 Å². The van der Waals surface area contributed by atoms with Crippen molar-refractivity contribution < 1.29 is 0 Å². The highest BCUT2D eigenvalue weighted by atomic mass is 14.1. The maximum Gasteiger partial charge on any atom is -0.0443 e. The van der Waals surface area contributed by atoms with Crippen molar-refractivity contribution in [2.75, 3.05) is 0 Å². The molecule has 0 heteroatoms. The van der Waals surface area contributed by atoms with Crippen molar-refractivity contribution in [3.8, 4) is 0 Å². The highest BCUT2D eigenvalue weighted by Gasteiger charge is 2.06. The lowest BCUT2D eigenvalue weighted by Gasteiger charge is -2.14. The Bertz CT molecular complexity index is 244. The van der Waals surface area contributed by atoms with Crippen LogP contribution in [0.5, 0.6) is 0 Å². The Kier molecular flexibility index (Phi) is 21.3. The van der Waals surface area contributed by atoms with Gasteiger partial charge in [-0.05, 0) is 11.8 Å². The maximum atomic E-state index is 2.49. The Hall–Kier alpha value is 0. The van der Waals surface area contributed by atoms with Crippen molar-refractivity contribution in [3.63, 3.8) is 0 Å². The first-order chi connectivity index (χ1) is 12.7. The Morgan fingerprint density at radius 2 is 0.615 bits per heavy atom. The van der Waals surface area contributed by atoms with E-state index in [0.717, 1.165) is 11.8 Å². The SMILES string of the molecule is CCCCCCCCCCCC(C)CCCC(C)CCCCCCCC. The first-order valence-corrected chi connectivity index (χ1v) is 12.7. The second-order valence-electron chi connectivity index (χ2n) is 9.31. The summed E-state index contributed by atoms with van der Waals surface area (Å²) >= 11 is 0. The van der Waals surface area contributed by atoms with Gasteiger partial charge in [0.25, 0.3) is 0 Å². The van der Waals surface area contributed by atoms with Gasteiger partial charge in [0.15, 0.2) is 0 Å². The molecule has 0 nitrogen and oxygen atoms in total. The first-order valence-electron chi connectivity index (χ1n) is 12.7. The van der Waals surface area contributed by atoms with Crippen LogP contribution in [0.2, 0.25) is 0 Å². The number of unbranched alkanes of at least 4 members (excludes halogenated alkanes) is 13. The van der Waals surface area contributed by atoms with Gasteiger partial charge in [0, 0.05) is 0 Å². The van der Waals surface area contributed by atoms with Crippen LogP contribution in [0, 0.1) is 11.8 Å². The number of rotatable bonds is 21. The van der Waals surface area contributed by atoms with E-state index < -0.39 is 0 Å². The van der Waals surface area contributed by atoms with Crippen molar-refractivity contribution in [3.05, 3.63) is 0 Å². The van der Waals surface area contributed by atoms with Gasteiger partial charge in [-0.2, -0.15) is 0 Å². The Balaban J connectivity index is 3.28. The van der Waals surface area contributed by atoms with Crippen LogP contribution in [0.4, 0.5) is 0 Å². The van der Waals surface area contributed by atoms with Crippen molar-refractivity contribution in [2.45, 2.75) is 156 Å². The average molecular weight is 367 g/mol. The minimum absolute atomic E-state index is 0.959. The van der Waals surface area contributed by atoms with Gasteiger partial charge in [-0.25, -0.2) is 0 Å². The van der Waals surface area contributed by atoms with Gasteiger partial charge >= 0.3 is 0 Å². The standard InChI is InChI=1S/C26H54/c1-5-7-9-11-13-14-15-17-19-22-26(4)24-20-23-25(3)21-18-16-12-10-8-6-2/h25-26H,5-24H2,1-4H3. The Morgan fingerprint density at radius 1 is 0.346 bits per heavy atom. The van der Waals surface area contributed by atoms with Crippen molar-refractivity contribution in [1.29, 1.82) is 0 Å². The summed E-state index contributed by atoms with van der Waals surface area (Å²) in [6, 6.07) is 0. The summed E-state index contributed by atoms with van der Waals surface area (Å²) in [5.41, 5.74) is 0. The predicted octanol–water partition coefficient (Wildman–Crippen LogP) is 10.1. The smallest absolute Gasteiger partial charge is 0.0443 e. The lowest BCUT2D eigenvalue weighted by molar-refractivity contribution is 0.390. The van der Waals surface area contributed by atoms with Crippen LogP contribution < -0.4 is 0 Å². The molecule has 0 aliphatic rings. The molecule has 0 saturated heterocycles. The van der Waals surface area contributed by atoms with Crippen LogP contribution in [-0.4, -0.2) is 0 Å². The van der Waals surface area contributed by atoms with Gasteiger partial charge in [0.2, 0.25) is 0 Å². The van der Waals surface area contributed by atoms with Crippen LogP contribution in [0.3, 0.4) is 0 Å². The lowest BCUT2D eigenvalue weighted by atomic mass is 9.92. The topological polar surface area (TPSA) is 0 Å². The monoisotopic (exact) mass is 366 g/mol. The third kappa shape index (κ3) is 20.3. The summed E-state index contributed by atoms with van der Waals surface area (Å²) in [5, 5.41) is 0. The lowest BCUT2D eigenvalue weighted by Crippen LogP contribution is -1.99. The van der Waals surface area contributed by atoms with Crippen LogP contribution in [0.1, 0.15) is 156 Å². The second kappa shape index (κ2) is 21.3. The van der Waals surface area contributed by atoms with Crippen LogP contribution in [0.25, 0.3) is 0 Å². The van der Waals surface area contributed by atoms with Crippen molar-refractivity contribution in [1.82, 2.24) is 0 Å².